The first-order valence-electron chi connectivity index (χ1n) is 3.58. The summed E-state index contributed by atoms with van der Waals surface area (Å²) in [5.74, 6) is 0.962. The summed E-state index contributed by atoms with van der Waals surface area (Å²) in [7, 11) is 0. The Labute approximate surface area is 50.0 Å². The zero-order chi connectivity index (χ0) is 5.40. The summed E-state index contributed by atoms with van der Waals surface area (Å²) in [4.78, 5) is 0. The van der Waals surface area contributed by atoms with E-state index in [9.17, 15) is 0 Å². The second kappa shape index (κ2) is 1.73. The van der Waals surface area contributed by atoms with Crippen LogP contribution in [0.5, 0.6) is 0 Å². The van der Waals surface area contributed by atoms with Crippen molar-refractivity contribution in [2.24, 2.45) is 5.92 Å². The van der Waals surface area contributed by atoms with Crippen molar-refractivity contribution in [1.29, 1.82) is 0 Å². The predicted octanol–water partition coefficient (Wildman–Crippen LogP) is 1.58. The van der Waals surface area contributed by atoms with Crippen LogP contribution in [0.4, 0.5) is 0 Å². The van der Waals surface area contributed by atoms with Crippen molar-refractivity contribution in [3.8, 4) is 0 Å². The summed E-state index contributed by atoms with van der Waals surface area (Å²) in [6.45, 7) is 1.03. The fraction of sp³-hybridized carbons (Fsp3) is 1.00. The molecule has 0 amide bonds. The van der Waals surface area contributed by atoms with Crippen LogP contribution in [0.1, 0.15) is 25.7 Å². The Morgan fingerprint density at radius 3 is 2.50 bits per heavy atom. The lowest BCUT2D eigenvalue weighted by atomic mass is 9.77. The van der Waals surface area contributed by atoms with Gasteiger partial charge in [-0.05, 0) is 31.6 Å². The molecule has 1 nitrogen and oxygen atoms in total. The van der Waals surface area contributed by atoms with Gasteiger partial charge in [-0.1, -0.05) is 0 Å². The Morgan fingerprint density at radius 2 is 2.12 bits per heavy atom. The zero-order valence-electron chi connectivity index (χ0n) is 5.10. The molecule has 0 bridgehead atoms. The van der Waals surface area contributed by atoms with Crippen molar-refractivity contribution in [1.82, 2.24) is 0 Å². The third kappa shape index (κ3) is 0.576. The molecule has 2 aliphatic rings. The fourth-order valence-corrected chi connectivity index (χ4v) is 1.67. The highest BCUT2D eigenvalue weighted by Crippen LogP contribution is 2.36. The molecule has 0 aromatic heterocycles. The normalized spacial score (nSPS) is 45.0. The van der Waals surface area contributed by atoms with Gasteiger partial charge in [-0.3, -0.25) is 0 Å². The standard InChI is InChI=1S/C7H12O/c1-2-6-3-4-7(6)8-5-1/h6-7H,1-5H2/t6-,7+/m0/s1. The van der Waals surface area contributed by atoms with Gasteiger partial charge >= 0.3 is 0 Å². The van der Waals surface area contributed by atoms with E-state index in [0.717, 1.165) is 12.5 Å². The second-order valence-corrected chi connectivity index (χ2v) is 2.89. The monoisotopic (exact) mass is 112 g/mol. The van der Waals surface area contributed by atoms with Crippen LogP contribution in [0.25, 0.3) is 0 Å². The Kier molecular flexibility index (Phi) is 1.04. The number of fused-ring (bicyclic) bond motifs is 1. The van der Waals surface area contributed by atoms with Gasteiger partial charge in [0.15, 0.2) is 0 Å². The largest absolute Gasteiger partial charge is 0.378 e. The summed E-state index contributed by atoms with van der Waals surface area (Å²) >= 11 is 0. The van der Waals surface area contributed by atoms with Gasteiger partial charge in [0, 0.05) is 6.61 Å². The number of hydrogen-bond donors (Lipinski definition) is 0. The van der Waals surface area contributed by atoms with E-state index in [2.05, 4.69) is 0 Å². The number of ether oxygens (including phenoxy) is 1. The Bertz CT molecular complexity index is 78.4. The number of hydrogen-bond acceptors (Lipinski definition) is 1. The highest BCUT2D eigenvalue weighted by atomic mass is 16.5. The molecule has 1 saturated carbocycles. The van der Waals surface area contributed by atoms with Crippen molar-refractivity contribution in [2.75, 3.05) is 6.61 Å². The van der Waals surface area contributed by atoms with E-state index in [4.69, 9.17) is 4.74 Å². The van der Waals surface area contributed by atoms with Crippen molar-refractivity contribution in [3.63, 3.8) is 0 Å². The maximum atomic E-state index is 5.48. The highest BCUT2D eigenvalue weighted by molar-refractivity contribution is 4.83. The molecule has 1 aliphatic heterocycles. The van der Waals surface area contributed by atoms with Crippen LogP contribution in [0, 0.1) is 5.92 Å². The molecule has 0 unspecified atom stereocenters. The Hall–Kier alpha value is -0.0400. The van der Waals surface area contributed by atoms with Crippen LogP contribution in [-0.4, -0.2) is 12.7 Å². The summed E-state index contributed by atoms with van der Waals surface area (Å²) < 4.78 is 5.48. The molecule has 2 atom stereocenters. The molecular formula is C7H12O. The molecule has 2 fully saturated rings. The van der Waals surface area contributed by atoms with Crippen molar-refractivity contribution in [3.05, 3.63) is 0 Å². The highest BCUT2D eigenvalue weighted by Gasteiger charge is 2.33. The van der Waals surface area contributed by atoms with Gasteiger partial charge in [-0.2, -0.15) is 0 Å². The topological polar surface area (TPSA) is 9.23 Å². The van der Waals surface area contributed by atoms with Crippen LogP contribution >= 0.6 is 0 Å². The molecule has 0 aromatic carbocycles. The van der Waals surface area contributed by atoms with Crippen LogP contribution in [0.3, 0.4) is 0 Å². The van der Waals surface area contributed by atoms with Gasteiger partial charge in [-0.15, -0.1) is 0 Å². The first-order chi connectivity index (χ1) is 3.97. The lowest BCUT2D eigenvalue weighted by Gasteiger charge is -2.40. The smallest absolute Gasteiger partial charge is 0.0603 e. The summed E-state index contributed by atoms with van der Waals surface area (Å²) in [5.41, 5.74) is 0. The average Bonchev–Trinajstić information content (AvgIpc) is 1.72. The van der Waals surface area contributed by atoms with Crippen LogP contribution in [0.2, 0.25) is 0 Å². The van der Waals surface area contributed by atoms with E-state index >= 15 is 0 Å². The van der Waals surface area contributed by atoms with E-state index in [1.165, 1.54) is 25.7 Å². The molecule has 1 aliphatic carbocycles. The lowest BCUT2D eigenvalue weighted by molar-refractivity contribution is -0.0821. The van der Waals surface area contributed by atoms with Crippen molar-refractivity contribution in [2.45, 2.75) is 31.8 Å². The predicted molar refractivity (Wildman–Crippen MR) is 31.7 cm³/mol. The molecule has 1 saturated heterocycles. The molecule has 2 rings (SSSR count). The fourth-order valence-electron chi connectivity index (χ4n) is 1.67. The first-order valence-corrected chi connectivity index (χ1v) is 3.58. The van der Waals surface area contributed by atoms with Gasteiger partial charge in [0.25, 0.3) is 0 Å². The minimum atomic E-state index is 0.684. The SMILES string of the molecule is C1CO[C@@H]2CC[C@@H]2C1. The van der Waals surface area contributed by atoms with E-state index in [-0.39, 0.29) is 0 Å². The van der Waals surface area contributed by atoms with Crippen molar-refractivity contribution < 1.29 is 4.74 Å². The summed E-state index contributed by atoms with van der Waals surface area (Å²) in [6, 6.07) is 0. The molecule has 0 spiro atoms. The minimum Gasteiger partial charge on any atom is -0.378 e. The van der Waals surface area contributed by atoms with Crippen molar-refractivity contribution >= 4 is 0 Å². The molecule has 8 heavy (non-hydrogen) atoms. The maximum absolute atomic E-state index is 5.48. The van der Waals surface area contributed by atoms with Gasteiger partial charge in [-0.25, -0.2) is 0 Å². The zero-order valence-corrected chi connectivity index (χ0v) is 5.10. The van der Waals surface area contributed by atoms with Gasteiger partial charge in [0.2, 0.25) is 0 Å². The molecule has 0 aromatic rings. The number of rotatable bonds is 0. The van der Waals surface area contributed by atoms with Gasteiger partial charge < -0.3 is 4.74 Å². The van der Waals surface area contributed by atoms with Crippen LogP contribution in [-0.2, 0) is 4.74 Å². The second-order valence-electron chi connectivity index (χ2n) is 2.89. The molecule has 1 heteroatoms. The summed E-state index contributed by atoms with van der Waals surface area (Å²) in [5, 5.41) is 0. The maximum Gasteiger partial charge on any atom is 0.0603 e. The van der Waals surface area contributed by atoms with Gasteiger partial charge in [0.1, 0.15) is 0 Å². The average molecular weight is 112 g/mol. The Balaban J connectivity index is 1.92. The molecule has 0 radical (unpaired) electrons. The van der Waals surface area contributed by atoms with Crippen LogP contribution < -0.4 is 0 Å². The third-order valence-corrected chi connectivity index (χ3v) is 2.40. The first kappa shape index (κ1) is 4.80. The molecular weight excluding hydrogens is 100 g/mol. The van der Waals surface area contributed by atoms with E-state index in [1.54, 1.807) is 0 Å². The van der Waals surface area contributed by atoms with E-state index in [0.29, 0.717) is 6.10 Å². The third-order valence-electron chi connectivity index (χ3n) is 2.40. The Morgan fingerprint density at radius 1 is 1.12 bits per heavy atom. The molecule has 46 valence electrons. The quantitative estimate of drug-likeness (QED) is 0.462. The lowest BCUT2D eigenvalue weighted by Crippen LogP contribution is -2.37. The summed E-state index contributed by atoms with van der Waals surface area (Å²) in [6.07, 6.45) is 6.20. The van der Waals surface area contributed by atoms with Gasteiger partial charge in [0.05, 0.1) is 6.10 Å². The van der Waals surface area contributed by atoms with E-state index < -0.39 is 0 Å². The molecule has 1 heterocycles. The van der Waals surface area contributed by atoms with E-state index in [1.807, 2.05) is 0 Å². The molecule has 0 N–H and O–H groups in total. The minimum absolute atomic E-state index is 0.684. The van der Waals surface area contributed by atoms with Crippen LogP contribution in [0.15, 0.2) is 0 Å².